The molecule has 1 aliphatic heterocycles. The fourth-order valence-corrected chi connectivity index (χ4v) is 4.61. The van der Waals surface area contributed by atoms with Gasteiger partial charge in [0.1, 0.15) is 27.4 Å². The third-order valence-electron chi connectivity index (χ3n) is 4.03. The van der Waals surface area contributed by atoms with E-state index in [9.17, 15) is 10.1 Å². The van der Waals surface area contributed by atoms with Crippen LogP contribution in [0.25, 0.3) is 15.8 Å². The first kappa shape index (κ1) is 18.2. The van der Waals surface area contributed by atoms with Crippen molar-refractivity contribution in [3.05, 3.63) is 58.6 Å². The van der Waals surface area contributed by atoms with Gasteiger partial charge in [-0.05, 0) is 48.2 Å². The zero-order valence-electron chi connectivity index (χ0n) is 15.0. The Kier molecular flexibility index (Phi) is 4.86. The molecule has 4 rings (SSSR count). The molecule has 0 radical (unpaired) electrons. The molecule has 0 bridgehead atoms. The van der Waals surface area contributed by atoms with Crippen LogP contribution in [0, 0.1) is 11.3 Å². The van der Waals surface area contributed by atoms with E-state index in [1.54, 1.807) is 12.1 Å². The maximum absolute atomic E-state index is 11.9. The van der Waals surface area contributed by atoms with Crippen LogP contribution in [0.15, 0.2) is 58.7 Å². The molecular formula is C20H14N4O2S2. The van der Waals surface area contributed by atoms with Gasteiger partial charge in [0, 0.05) is 6.92 Å². The second-order valence-corrected chi connectivity index (χ2v) is 7.86. The number of hydrogen-bond acceptors (Lipinski definition) is 8. The number of ketones is 1. The maximum Gasteiger partial charge on any atom is 0.186 e. The number of aromatic nitrogens is 1. The molecule has 0 atom stereocenters. The van der Waals surface area contributed by atoms with Gasteiger partial charge < -0.3 is 4.74 Å². The van der Waals surface area contributed by atoms with Crippen LogP contribution in [-0.4, -0.2) is 22.9 Å². The fourth-order valence-electron chi connectivity index (χ4n) is 2.66. The quantitative estimate of drug-likeness (QED) is 0.587. The van der Waals surface area contributed by atoms with E-state index in [1.807, 2.05) is 48.5 Å². The second kappa shape index (κ2) is 7.46. The van der Waals surface area contributed by atoms with Crippen LogP contribution in [0.1, 0.15) is 11.9 Å². The standard InChI is InChI=1S/C20H14N4O2S2/c1-12(25)18-23-24(13-7-9-14(26-2)10-8-13)20(28-18)15(11-21)19-22-16-5-3-4-6-17(16)27-19/h3-10H,1-2H3/b20-15-. The Bertz CT molecular complexity index is 1140. The highest BCUT2D eigenvalue weighted by atomic mass is 32.2. The first-order valence-electron chi connectivity index (χ1n) is 8.32. The lowest BCUT2D eigenvalue weighted by atomic mass is 10.2. The number of nitriles is 1. The summed E-state index contributed by atoms with van der Waals surface area (Å²) < 4.78 is 6.20. The van der Waals surface area contributed by atoms with Crippen molar-refractivity contribution in [3.63, 3.8) is 0 Å². The molecule has 0 N–H and O–H groups in total. The van der Waals surface area contributed by atoms with E-state index >= 15 is 0 Å². The van der Waals surface area contributed by atoms with E-state index in [1.165, 1.54) is 30.0 Å². The fraction of sp³-hybridized carbons (Fsp3) is 0.100. The van der Waals surface area contributed by atoms with Gasteiger partial charge in [0.05, 0.1) is 23.0 Å². The summed E-state index contributed by atoms with van der Waals surface area (Å²) in [5.41, 5.74) is 1.96. The van der Waals surface area contributed by atoms with Gasteiger partial charge in [0.2, 0.25) is 0 Å². The van der Waals surface area contributed by atoms with E-state index in [4.69, 9.17) is 4.74 Å². The van der Waals surface area contributed by atoms with Gasteiger partial charge in [-0.25, -0.2) is 9.99 Å². The first-order valence-corrected chi connectivity index (χ1v) is 9.96. The largest absolute Gasteiger partial charge is 0.497 e. The van der Waals surface area contributed by atoms with Crippen molar-refractivity contribution >= 4 is 55.4 Å². The van der Waals surface area contributed by atoms with Crippen LogP contribution in [0.4, 0.5) is 5.69 Å². The van der Waals surface area contributed by atoms with Crippen molar-refractivity contribution in [2.24, 2.45) is 5.10 Å². The molecule has 0 spiro atoms. The Hall–Kier alpha value is -3.15. The monoisotopic (exact) mass is 406 g/mol. The molecule has 0 unspecified atom stereocenters. The lowest BCUT2D eigenvalue weighted by Gasteiger charge is -2.16. The number of nitrogens with zero attached hydrogens (tertiary/aromatic N) is 4. The Morgan fingerprint density at radius 3 is 2.57 bits per heavy atom. The van der Waals surface area contributed by atoms with Gasteiger partial charge in [0.25, 0.3) is 0 Å². The van der Waals surface area contributed by atoms with Gasteiger partial charge in [-0.3, -0.25) is 4.79 Å². The van der Waals surface area contributed by atoms with Crippen LogP contribution >= 0.6 is 23.1 Å². The number of thioether (sulfide) groups is 1. The van der Waals surface area contributed by atoms with E-state index in [2.05, 4.69) is 16.2 Å². The number of benzene rings is 2. The van der Waals surface area contributed by atoms with E-state index in [0.717, 1.165) is 15.9 Å². The topological polar surface area (TPSA) is 78.6 Å². The van der Waals surface area contributed by atoms with Gasteiger partial charge in [0.15, 0.2) is 10.8 Å². The normalized spacial score (nSPS) is 15.3. The summed E-state index contributed by atoms with van der Waals surface area (Å²) in [5.74, 6) is 0.559. The minimum Gasteiger partial charge on any atom is -0.497 e. The Morgan fingerprint density at radius 1 is 1.18 bits per heavy atom. The molecule has 0 amide bonds. The number of ether oxygens (including phenoxy) is 1. The van der Waals surface area contributed by atoms with Crippen LogP contribution < -0.4 is 9.75 Å². The summed E-state index contributed by atoms with van der Waals surface area (Å²) >= 11 is 2.63. The third-order valence-corrected chi connectivity index (χ3v) is 6.21. The number of methoxy groups -OCH3 is 1. The van der Waals surface area contributed by atoms with Crippen LogP contribution in [0.2, 0.25) is 0 Å². The average Bonchev–Trinajstić information content (AvgIpc) is 3.33. The number of para-hydroxylation sites is 1. The number of fused-ring (bicyclic) bond motifs is 1. The highest BCUT2D eigenvalue weighted by Crippen LogP contribution is 2.41. The number of hydrogen-bond donors (Lipinski definition) is 0. The second-order valence-electron chi connectivity index (χ2n) is 5.85. The summed E-state index contributed by atoms with van der Waals surface area (Å²) in [6.07, 6.45) is 0. The molecule has 0 saturated carbocycles. The van der Waals surface area contributed by atoms with Crippen LogP contribution in [-0.2, 0) is 4.79 Å². The number of anilines is 1. The van der Waals surface area contributed by atoms with Gasteiger partial charge >= 0.3 is 0 Å². The Labute approximate surface area is 169 Å². The predicted octanol–water partition coefficient (Wildman–Crippen LogP) is 4.65. The smallest absolute Gasteiger partial charge is 0.186 e. The maximum atomic E-state index is 11.9. The molecule has 138 valence electrons. The van der Waals surface area contributed by atoms with Crippen molar-refractivity contribution < 1.29 is 9.53 Å². The first-order chi connectivity index (χ1) is 13.6. The van der Waals surface area contributed by atoms with Gasteiger partial charge in [-0.15, -0.1) is 11.3 Å². The van der Waals surface area contributed by atoms with Crippen molar-refractivity contribution in [2.75, 3.05) is 12.1 Å². The summed E-state index contributed by atoms with van der Waals surface area (Å²) in [5, 5.41) is 17.5. The number of allylic oxidation sites excluding steroid dienone is 1. The lowest BCUT2D eigenvalue weighted by Crippen LogP contribution is -2.11. The van der Waals surface area contributed by atoms with Gasteiger partial charge in [-0.1, -0.05) is 12.1 Å². The SMILES string of the molecule is COc1ccc(N2N=C(C(C)=O)S/C2=C(/C#N)c2nc3ccccc3s2)cc1. The van der Waals surface area contributed by atoms with Crippen molar-refractivity contribution in [3.8, 4) is 11.8 Å². The minimum atomic E-state index is -0.153. The summed E-state index contributed by atoms with van der Waals surface area (Å²) in [7, 11) is 1.60. The van der Waals surface area contributed by atoms with E-state index in [-0.39, 0.29) is 5.78 Å². The van der Waals surface area contributed by atoms with E-state index in [0.29, 0.717) is 26.4 Å². The molecular weight excluding hydrogens is 392 g/mol. The number of carbonyl (C=O) groups is 1. The van der Waals surface area contributed by atoms with Crippen LogP contribution in [0.3, 0.4) is 0 Å². The molecule has 6 nitrogen and oxygen atoms in total. The highest BCUT2D eigenvalue weighted by Gasteiger charge is 2.30. The number of thiazole rings is 1. The molecule has 8 heteroatoms. The highest BCUT2D eigenvalue weighted by molar-refractivity contribution is 8.19. The molecule has 2 heterocycles. The molecule has 0 aliphatic carbocycles. The molecule has 1 aliphatic rings. The van der Waals surface area contributed by atoms with Gasteiger partial charge in [-0.2, -0.15) is 10.4 Å². The summed E-state index contributed by atoms with van der Waals surface area (Å²) in [6, 6.07) is 17.3. The molecule has 28 heavy (non-hydrogen) atoms. The zero-order chi connectivity index (χ0) is 19.7. The number of hydrazone groups is 1. The summed E-state index contributed by atoms with van der Waals surface area (Å²) in [6.45, 7) is 1.46. The molecule has 1 aromatic heterocycles. The minimum absolute atomic E-state index is 0.153. The third kappa shape index (κ3) is 3.26. The lowest BCUT2D eigenvalue weighted by molar-refractivity contribution is -0.110. The zero-order valence-corrected chi connectivity index (χ0v) is 16.7. The van der Waals surface area contributed by atoms with Crippen molar-refractivity contribution in [1.29, 1.82) is 5.26 Å². The molecule has 0 fully saturated rings. The van der Waals surface area contributed by atoms with Crippen LogP contribution in [0.5, 0.6) is 5.75 Å². The average molecular weight is 406 g/mol. The summed E-state index contributed by atoms with van der Waals surface area (Å²) in [4.78, 5) is 16.5. The molecule has 2 aromatic carbocycles. The van der Waals surface area contributed by atoms with Crippen molar-refractivity contribution in [2.45, 2.75) is 6.92 Å². The molecule has 0 saturated heterocycles. The Morgan fingerprint density at radius 2 is 1.93 bits per heavy atom. The van der Waals surface area contributed by atoms with E-state index < -0.39 is 0 Å². The number of Topliss-reactive ketones (excluding diaryl/α,β-unsaturated/α-hetero) is 1. The Balaban J connectivity index is 1.85. The number of carbonyl (C=O) groups excluding carboxylic acids is 1. The predicted molar refractivity (Wildman–Crippen MR) is 113 cm³/mol. The molecule has 3 aromatic rings. The number of rotatable bonds is 4. The van der Waals surface area contributed by atoms with Crippen molar-refractivity contribution in [1.82, 2.24) is 4.98 Å².